The number of hydrogen-bond donors (Lipinski definition) is 0. The van der Waals surface area contributed by atoms with Crippen LogP contribution in [0.5, 0.6) is 11.5 Å². The van der Waals surface area contributed by atoms with Gasteiger partial charge in [0.15, 0.2) is 5.43 Å². The number of halogens is 1. The van der Waals surface area contributed by atoms with Gasteiger partial charge in [0.2, 0.25) is 5.76 Å². The van der Waals surface area contributed by atoms with Gasteiger partial charge in [-0.25, -0.2) is 0 Å². The molecule has 1 atom stereocenters. The summed E-state index contributed by atoms with van der Waals surface area (Å²) in [6, 6.07) is 27.4. The van der Waals surface area contributed by atoms with Crippen molar-refractivity contribution >= 4 is 28.5 Å². The number of amides is 1. The number of ether oxygens (including phenoxy) is 1. The summed E-state index contributed by atoms with van der Waals surface area (Å²) in [4.78, 5) is 29.5. The Hall–Kier alpha value is -4.35. The molecule has 6 rings (SSSR count). The molecule has 0 bridgehead atoms. The third-order valence-electron chi connectivity index (χ3n) is 6.85. The van der Waals surface area contributed by atoms with Crippen LogP contribution >= 0.6 is 11.6 Å². The number of aryl methyl sites for hydroxylation is 2. The van der Waals surface area contributed by atoms with Crippen LogP contribution in [0.3, 0.4) is 0 Å². The number of benzene rings is 4. The minimum atomic E-state index is -0.672. The van der Waals surface area contributed by atoms with E-state index < -0.39 is 6.04 Å². The van der Waals surface area contributed by atoms with Gasteiger partial charge in [0, 0.05) is 11.6 Å². The van der Waals surface area contributed by atoms with Gasteiger partial charge >= 0.3 is 0 Å². The predicted octanol–water partition coefficient (Wildman–Crippen LogP) is 7.60. The number of rotatable bonds is 5. The fourth-order valence-corrected chi connectivity index (χ4v) is 5.36. The number of carbonyl (C=O) groups excluding carboxylic acids is 1. The summed E-state index contributed by atoms with van der Waals surface area (Å²) in [5, 5.41) is 1.02. The van der Waals surface area contributed by atoms with Crippen LogP contribution in [0.1, 0.15) is 44.4 Å². The Labute approximate surface area is 224 Å². The first kappa shape index (κ1) is 24.0. The summed E-state index contributed by atoms with van der Waals surface area (Å²) >= 11 is 6.48. The van der Waals surface area contributed by atoms with Crippen LogP contribution in [0.25, 0.3) is 11.0 Å². The maximum Gasteiger partial charge on any atom is 0.291 e. The molecule has 5 nitrogen and oxygen atoms in total. The third-order valence-corrected chi connectivity index (χ3v) is 7.22. The molecular weight excluding hydrogens is 498 g/mol. The lowest BCUT2D eigenvalue weighted by Gasteiger charge is -2.26. The van der Waals surface area contributed by atoms with E-state index in [0.29, 0.717) is 33.1 Å². The Morgan fingerprint density at radius 2 is 1.61 bits per heavy atom. The van der Waals surface area contributed by atoms with Crippen LogP contribution in [0, 0.1) is 13.8 Å². The number of nitrogens with zero attached hydrogens (tertiary/aromatic N) is 1. The molecule has 1 amide bonds. The zero-order valence-corrected chi connectivity index (χ0v) is 21.7. The Morgan fingerprint density at radius 3 is 2.39 bits per heavy atom. The van der Waals surface area contributed by atoms with Crippen LogP contribution in [-0.4, -0.2) is 10.8 Å². The molecule has 6 heteroatoms. The van der Waals surface area contributed by atoms with E-state index in [1.54, 1.807) is 11.0 Å². The Balaban J connectivity index is 1.53. The van der Waals surface area contributed by atoms with Gasteiger partial charge in [-0.2, -0.15) is 0 Å². The first-order chi connectivity index (χ1) is 18.4. The van der Waals surface area contributed by atoms with Crippen LogP contribution in [0.2, 0.25) is 5.02 Å². The molecule has 2 heterocycles. The molecular formula is C32H24ClNO4. The maximum atomic E-state index is 14.0. The second-order valence-corrected chi connectivity index (χ2v) is 9.95. The molecule has 5 aromatic rings. The predicted molar refractivity (Wildman–Crippen MR) is 148 cm³/mol. The van der Waals surface area contributed by atoms with Crippen molar-refractivity contribution < 1.29 is 13.9 Å². The Bertz CT molecular complexity index is 1760. The van der Waals surface area contributed by atoms with Crippen molar-refractivity contribution in [2.24, 2.45) is 0 Å². The second-order valence-electron chi connectivity index (χ2n) is 9.55. The highest BCUT2D eigenvalue weighted by Crippen LogP contribution is 2.41. The number of hydrogen-bond acceptors (Lipinski definition) is 4. The molecule has 0 aliphatic carbocycles. The van der Waals surface area contributed by atoms with E-state index in [1.807, 2.05) is 98.8 Å². The number of fused-ring (bicyclic) bond motifs is 2. The number of carbonyl (C=O) groups is 1. The monoisotopic (exact) mass is 521 g/mol. The molecule has 0 spiro atoms. The summed E-state index contributed by atoms with van der Waals surface area (Å²) in [6.45, 7) is 4.04. The zero-order valence-electron chi connectivity index (χ0n) is 20.9. The Kier molecular flexibility index (Phi) is 6.01. The lowest BCUT2D eigenvalue weighted by Crippen LogP contribution is -2.29. The van der Waals surface area contributed by atoms with E-state index in [0.717, 1.165) is 22.3 Å². The van der Waals surface area contributed by atoms with Crippen molar-refractivity contribution in [3.8, 4) is 11.5 Å². The minimum Gasteiger partial charge on any atom is -0.457 e. The lowest BCUT2D eigenvalue weighted by molar-refractivity contribution is 0.0714. The van der Waals surface area contributed by atoms with Crippen LogP contribution in [-0.2, 0) is 6.54 Å². The molecule has 0 N–H and O–H groups in total. The molecule has 0 saturated carbocycles. The fourth-order valence-electron chi connectivity index (χ4n) is 5.17. The molecule has 1 aliphatic heterocycles. The van der Waals surface area contributed by atoms with Crippen molar-refractivity contribution in [2.75, 3.05) is 0 Å². The SMILES string of the molecule is Cc1cc(C)c2oc3c(c(=O)c2c1)C(c1cccc(Oc2ccccc2)c1)N(Cc1ccccc1Cl)C3=O. The average molecular weight is 522 g/mol. The van der Waals surface area contributed by atoms with Crippen molar-refractivity contribution in [3.05, 3.63) is 140 Å². The van der Waals surface area contributed by atoms with E-state index in [2.05, 4.69) is 0 Å². The van der Waals surface area contributed by atoms with E-state index in [9.17, 15) is 9.59 Å². The topological polar surface area (TPSA) is 59.8 Å². The van der Waals surface area contributed by atoms with Crippen molar-refractivity contribution in [2.45, 2.75) is 26.4 Å². The standard InChI is InChI=1S/C32H24ClNO4/c1-19-15-20(2)30-25(16-19)29(35)27-28(21-10-8-13-24(17-21)37-23-11-4-3-5-12-23)34(32(36)31(27)38-30)18-22-9-6-7-14-26(22)33/h3-17,28H,18H2,1-2H3. The number of para-hydroxylation sites is 1. The highest BCUT2D eigenvalue weighted by Gasteiger charge is 2.43. The fraction of sp³-hybridized carbons (Fsp3) is 0.125. The molecule has 1 aliphatic rings. The van der Waals surface area contributed by atoms with Gasteiger partial charge in [0.1, 0.15) is 17.1 Å². The van der Waals surface area contributed by atoms with Gasteiger partial charge in [-0.1, -0.05) is 66.2 Å². The first-order valence-corrected chi connectivity index (χ1v) is 12.7. The van der Waals surface area contributed by atoms with Gasteiger partial charge in [-0.05, 0) is 72.5 Å². The summed E-state index contributed by atoms with van der Waals surface area (Å²) in [7, 11) is 0. The molecule has 1 aromatic heterocycles. The van der Waals surface area contributed by atoms with Crippen molar-refractivity contribution in [3.63, 3.8) is 0 Å². The van der Waals surface area contributed by atoms with Crippen LogP contribution in [0.4, 0.5) is 0 Å². The van der Waals surface area contributed by atoms with Gasteiger partial charge in [-0.3, -0.25) is 9.59 Å². The van der Waals surface area contributed by atoms with Gasteiger partial charge in [0.05, 0.1) is 17.0 Å². The van der Waals surface area contributed by atoms with E-state index in [-0.39, 0.29) is 23.6 Å². The van der Waals surface area contributed by atoms with Gasteiger partial charge < -0.3 is 14.1 Å². The molecule has 38 heavy (non-hydrogen) atoms. The van der Waals surface area contributed by atoms with E-state index >= 15 is 0 Å². The summed E-state index contributed by atoms with van der Waals surface area (Å²) in [5.74, 6) is 1.01. The van der Waals surface area contributed by atoms with Crippen LogP contribution in [0.15, 0.2) is 100 Å². The highest BCUT2D eigenvalue weighted by molar-refractivity contribution is 6.31. The zero-order chi connectivity index (χ0) is 26.4. The maximum absolute atomic E-state index is 14.0. The highest BCUT2D eigenvalue weighted by atomic mass is 35.5. The lowest BCUT2D eigenvalue weighted by atomic mass is 9.97. The molecule has 188 valence electrons. The quantitative estimate of drug-likeness (QED) is 0.239. The Morgan fingerprint density at radius 1 is 0.868 bits per heavy atom. The average Bonchev–Trinajstić information content (AvgIpc) is 3.18. The largest absolute Gasteiger partial charge is 0.457 e. The minimum absolute atomic E-state index is 0.0703. The molecule has 0 fully saturated rings. The molecule has 1 unspecified atom stereocenters. The second kappa shape index (κ2) is 9.51. The van der Waals surface area contributed by atoms with Gasteiger partial charge in [-0.15, -0.1) is 0 Å². The normalized spacial score (nSPS) is 14.7. The molecule has 0 radical (unpaired) electrons. The summed E-state index contributed by atoms with van der Waals surface area (Å²) in [5.41, 5.74) is 3.85. The summed E-state index contributed by atoms with van der Waals surface area (Å²) in [6.07, 6.45) is 0. The van der Waals surface area contributed by atoms with Crippen molar-refractivity contribution in [1.82, 2.24) is 4.90 Å². The molecule has 0 saturated heterocycles. The van der Waals surface area contributed by atoms with Crippen LogP contribution < -0.4 is 10.2 Å². The van der Waals surface area contributed by atoms with E-state index in [1.165, 1.54) is 0 Å². The smallest absolute Gasteiger partial charge is 0.291 e. The van der Waals surface area contributed by atoms with Crippen molar-refractivity contribution in [1.29, 1.82) is 0 Å². The first-order valence-electron chi connectivity index (χ1n) is 12.4. The van der Waals surface area contributed by atoms with E-state index in [4.69, 9.17) is 20.8 Å². The third kappa shape index (κ3) is 4.15. The van der Waals surface area contributed by atoms with Gasteiger partial charge in [0.25, 0.3) is 5.91 Å². The molecule has 4 aromatic carbocycles. The summed E-state index contributed by atoms with van der Waals surface area (Å²) < 4.78 is 12.3.